The summed E-state index contributed by atoms with van der Waals surface area (Å²) in [5.41, 5.74) is 0. The van der Waals surface area contributed by atoms with E-state index in [1.165, 1.54) is 12.8 Å². The first-order valence-electron chi connectivity index (χ1n) is 8.70. The topological polar surface area (TPSA) is 133 Å². The smallest absolute Gasteiger partial charge is 0.716 e. The fraction of sp³-hybridized carbons (Fsp3) is 0.750. The molecule has 0 aromatic rings. The molecule has 0 saturated carbocycles. The Morgan fingerprint density at radius 3 is 1.26 bits per heavy atom. The van der Waals surface area contributed by atoms with Crippen LogP contribution in [0.4, 0.5) is 0 Å². The predicted molar refractivity (Wildman–Crippen MR) is 103 cm³/mol. The minimum absolute atomic E-state index is 0. The Balaban J connectivity index is -0.000000411. The molecule has 0 N–H and O–H groups in total. The Hall–Kier alpha value is -0.334. The number of unbranched alkanes of at least 4 members (excludes halogenated alkanes) is 8. The van der Waals surface area contributed by atoms with Crippen LogP contribution in [0.15, 0.2) is 24.7 Å². The third-order valence-corrected chi connectivity index (χ3v) is 3.68. The van der Waals surface area contributed by atoms with Gasteiger partial charge in [-0.1, -0.05) is 52.4 Å². The van der Waals surface area contributed by atoms with Gasteiger partial charge in [0.25, 0.3) is 20.8 Å². The molecule has 11 heteroatoms. The molecule has 0 saturated heterocycles. The van der Waals surface area contributed by atoms with E-state index in [0.29, 0.717) is 0 Å². The normalized spacial score (nSPS) is 11.7. The van der Waals surface area contributed by atoms with Gasteiger partial charge < -0.3 is 17.5 Å². The second-order valence-electron chi connectivity index (χ2n) is 5.45. The van der Waals surface area contributed by atoms with Crippen molar-refractivity contribution in [3.8, 4) is 0 Å². The molecule has 0 aromatic heterocycles. The van der Waals surface area contributed by atoms with Crippen molar-refractivity contribution in [1.29, 1.82) is 0 Å². The molecule has 0 aliphatic rings. The van der Waals surface area contributed by atoms with Gasteiger partial charge in [-0.2, -0.15) is 0 Å². The van der Waals surface area contributed by atoms with Crippen molar-refractivity contribution in [3.05, 3.63) is 24.7 Å². The van der Waals surface area contributed by atoms with Crippen molar-refractivity contribution >= 4 is 43.9 Å². The van der Waals surface area contributed by atoms with Crippen molar-refractivity contribution in [3.63, 3.8) is 0 Å². The van der Waals surface area contributed by atoms with E-state index < -0.39 is 20.8 Å². The molecular formula is C16H30MgO8S2. The number of allylic oxidation sites excluding steroid dienone is 2. The minimum atomic E-state index is -4.56. The molecule has 0 aliphatic carbocycles. The van der Waals surface area contributed by atoms with Gasteiger partial charge in [-0.25, -0.2) is 16.8 Å². The average Bonchev–Trinajstić information content (AvgIpc) is 2.52. The van der Waals surface area contributed by atoms with Gasteiger partial charge in [0, 0.05) is 0 Å². The summed E-state index contributed by atoms with van der Waals surface area (Å²) >= 11 is 0. The molecule has 0 atom stereocenters. The van der Waals surface area contributed by atoms with E-state index in [1.54, 1.807) is 12.2 Å². The third-order valence-electron chi connectivity index (χ3n) is 2.99. The number of hydrogen-bond donors (Lipinski definition) is 0. The maximum Gasteiger partial charge on any atom is 2.00 e. The summed E-state index contributed by atoms with van der Waals surface area (Å²) in [6, 6.07) is 0. The zero-order valence-corrected chi connectivity index (χ0v) is 19.2. The zero-order valence-electron chi connectivity index (χ0n) is 16.2. The largest absolute Gasteiger partial charge is 2.00 e. The van der Waals surface area contributed by atoms with Crippen molar-refractivity contribution in [1.82, 2.24) is 0 Å². The minimum Gasteiger partial charge on any atom is -0.716 e. The van der Waals surface area contributed by atoms with Crippen LogP contribution in [0.1, 0.15) is 78.1 Å². The molecular weight excluding hydrogens is 409 g/mol. The molecule has 0 fully saturated rings. The van der Waals surface area contributed by atoms with Gasteiger partial charge in [-0.3, -0.25) is 0 Å². The van der Waals surface area contributed by atoms with E-state index in [9.17, 15) is 25.9 Å². The van der Waals surface area contributed by atoms with E-state index in [4.69, 9.17) is 0 Å². The van der Waals surface area contributed by atoms with Gasteiger partial charge in [-0.15, -0.1) is 0 Å². The summed E-state index contributed by atoms with van der Waals surface area (Å²) in [7, 11) is -9.12. The quantitative estimate of drug-likeness (QED) is 0.132. The summed E-state index contributed by atoms with van der Waals surface area (Å²) in [6.45, 7) is 4.23. The number of rotatable bonds is 14. The fourth-order valence-electron chi connectivity index (χ4n) is 1.73. The second-order valence-corrected chi connectivity index (χ2v) is 7.47. The van der Waals surface area contributed by atoms with Crippen LogP contribution in [0.25, 0.3) is 0 Å². The van der Waals surface area contributed by atoms with Crippen LogP contribution in [0.5, 0.6) is 0 Å². The summed E-state index contributed by atoms with van der Waals surface area (Å²) in [6.07, 6.45) is 15.4. The molecule has 0 aromatic carbocycles. The third kappa shape index (κ3) is 37.2. The fourth-order valence-corrected chi connectivity index (χ4v) is 2.16. The Bertz CT molecular complexity index is 519. The first-order valence-corrected chi connectivity index (χ1v) is 11.4. The van der Waals surface area contributed by atoms with Crippen LogP contribution in [0.3, 0.4) is 0 Å². The van der Waals surface area contributed by atoms with Crippen LogP contribution < -0.4 is 0 Å². The van der Waals surface area contributed by atoms with Crippen molar-refractivity contribution in [2.24, 2.45) is 0 Å². The van der Waals surface area contributed by atoms with Crippen LogP contribution in [-0.4, -0.2) is 49.0 Å². The Morgan fingerprint density at radius 2 is 1.00 bits per heavy atom. The van der Waals surface area contributed by atoms with Gasteiger partial charge >= 0.3 is 23.1 Å². The Kier molecular flexibility index (Phi) is 23.7. The molecule has 0 unspecified atom stereocenters. The average molecular weight is 439 g/mol. The molecule has 0 heterocycles. The SMILES string of the molecule is CCCCCC/C=C/OS(=O)(=O)[O-].CCCCCC/C=C/OS(=O)(=O)[O-].[Mg+2]. The van der Waals surface area contributed by atoms with Crippen LogP contribution in [0.2, 0.25) is 0 Å². The standard InChI is InChI=1S/2C8H16O4S.Mg/c2*1-2-3-4-5-6-7-8-12-13(9,10)11;/h2*7-8H,2-6H2,1H3,(H,9,10,11);/q;;+2/p-2/b2*8-7+;. The predicted octanol–water partition coefficient (Wildman–Crippen LogP) is 3.51. The van der Waals surface area contributed by atoms with Gasteiger partial charge in [0.1, 0.15) is 12.5 Å². The first kappa shape index (κ1) is 31.4. The second kappa shape index (κ2) is 20.4. The summed E-state index contributed by atoms with van der Waals surface area (Å²) in [4.78, 5) is 0. The summed E-state index contributed by atoms with van der Waals surface area (Å²) in [5, 5.41) is 0. The van der Waals surface area contributed by atoms with Crippen LogP contribution in [0, 0.1) is 0 Å². The first-order chi connectivity index (χ1) is 12.1. The van der Waals surface area contributed by atoms with Crippen molar-refractivity contribution < 1.29 is 34.3 Å². The molecule has 27 heavy (non-hydrogen) atoms. The summed E-state index contributed by atoms with van der Waals surface area (Å²) in [5.74, 6) is 0. The summed E-state index contributed by atoms with van der Waals surface area (Å²) < 4.78 is 67.4. The van der Waals surface area contributed by atoms with Gasteiger partial charge in [0.15, 0.2) is 0 Å². The Morgan fingerprint density at radius 1 is 0.667 bits per heavy atom. The van der Waals surface area contributed by atoms with E-state index in [-0.39, 0.29) is 23.1 Å². The van der Waals surface area contributed by atoms with E-state index in [0.717, 1.165) is 63.9 Å². The van der Waals surface area contributed by atoms with E-state index >= 15 is 0 Å². The number of hydrogen-bond acceptors (Lipinski definition) is 8. The monoisotopic (exact) mass is 438 g/mol. The van der Waals surface area contributed by atoms with E-state index in [1.807, 2.05) is 0 Å². The molecule has 0 aliphatic heterocycles. The van der Waals surface area contributed by atoms with Gasteiger partial charge in [-0.05, 0) is 37.8 Å². The molecule has 0 amide bonds. The maximum absolute atomic E-state index is 9.94. The molecule has 156 valence electrons. The Labute approximate surface area is 180 Å². The van der Waals surface area contributed by atoms with Crippen molar-refractivity contribution in [2.75, 3.05) is 0 Å². The van der Waals surface area contributed by atoms with Gasteiger partial charge in [0.05, 0.1) is 0 Å². The van der Waals surface area contributed by atoms with Crippen molar-refractivity contribution in [2.45, 2.75) is 78.1 Å². The van der Waals surface area contributed by atoms with Crippen LogP contribution in [-0.2, 0) is 29.2 Å². The zero-order chi connectivity index (χ0) is 20.3. The molecule has 0 rings (SSSR count). The van der Waals surface area contributed by atoms with Gasteiger partial charge in [0.2, 0.25) is 0 Å². The molecule has 8 nitrogen and oxygen atoms in total. The molecule has 0 radical (unpaired) electrons. The molecule has 0 bridgehead atoms. The van der Waals surface area contributed by atoms with E-state index in [2.05, 4.69) is 22.2 Å². The maximum atomic E-state index is 9.94. The molecule has 0 spiro atoms. The van der Waals surface area contributed by atoms with Crippen LogP contribution >= 0.6 is 0 Å².